The number of nitrogens with one attached hydrogen (secondary N) is 1. The Labute approximate surface area is 110 Å². The quantitative estimate of drug-likeness (QED) is 0.596. The van der Waals surface area contributed by atoms with Crippen LogP contribution in [-0.2, 0) is 11.4 Å². The Morgan fingerprint density at radius 1 is 1.42 bits per heavy atom. The Balaban J connectivity index is 2.70. The molecule has 0 saturated heterocycles. The van der Waals surface area contributed by atoms with Crippen molar-refractivity contribution in [3.05, 3.63) is 35.1 Å². The molecule has 0 aliphatic rings. The monoisotopic (exact) mass is 271 g/mol. The van der Waals surface area contributed by atoms with Crippen LogP contribution in [0.1, 0.15) is 30.6 Å². The molecule has 2 unspecified atom stereocenters. The van der Waals surface area contributed by atoms with Gasteiger partial charge in [-0.2, -0.15) is 0 Å². The first-order valence-electron chi connectivity index (χ1n) is 5.95. The van der Waals surface area contributed by atoms with Crippen LogP contribution in [0.15, 0.2) is 18.2 Å². The van der Waals surface area contributed by atoms with Crippen molar-refractivity contribution in [3.63, 3.8) is 0 Å². The number of carbonyl (C=O) groups is 1. The van der Waals surface area contributed by atoms with Crippen LogP contribution in [0.25, 0.3) is 0 Å². The zero-order valence-electron chi connectivity index (χ0n) is 10.6. The SMILES string of the molecule is CC(=O)NCCC(O)C(O)c1ccc(F)cc1CO. The number of carbonyl (C=O) groups excluding carboxylic acids is 1. The van der Waals surface area contributed by atoms with Gasteiger partial charge in [0.2, 0.25) is 5.91 Å². The summed E-state index contributed by atoms with van der Waals surface area (Å²) in [6, 6.07) is 3.59. The van der Waals surface area contributed by atoms with E-state index in [1.807, 2.05) is 0 Å². The lowest BCUT2D eigenvalue weighted by Gasteiger charge is -2.20. The van der Waals surface area contributed by atoms with Gasteiger partial charge in [-0.1, -0.05) is 6.07 Å². The van der Waals surface area contributed by atoms with Gasteiger partial charge in [-0.05, 0) is 29.7 Å². The second kappa shape index (κ2) is 7.18. The molecule has 1 rings (SSSR count). The highest BCUT2D eigenvalue weighted by Gasteiger charge is 2.21. The molecule has 0 saturated carbocycles. The molecule has 0 aliphatic carbocycles. The van der Waals surface area contributed by atoms with Crippen molar-refractivity contribution in [2.24, 2.45) is 0 Å². The predicted molar refractivity (Wildman–Crippen MR) is 66.6 cm³/mol. The minimum absolute atomic E-state index is 0.156. The third-order valence-corrected chi connectivity index (χ3v) is 2.77. The normalized spacial score (nSPS) is 13.9. The molecule has 4 N–H and O–H groups in total. The fraction of sp³-hybridized carbons (Fsp3) is 0.462. The number of halogens is 1. The molecule has 0 aliphatic heterocycles. The van der Waals surface area contributed by atoms with Crippen LogP contribution >= 0.6 is 0 Å². The molecule has 1 aromatic carbocycles. The van der Waals surface area contributed by atoms with Gasteiger partial charge in [-0.15, -0.1) is 0 Å². The lowest BCUT2D eigenvalue weighted by atomic mass is 9.97. The van der Waals surface area contributed by atoms with Crippen LogP contribution in [0.3, 0.4) is 0 Å². The Morgan fingerprint density at radius 2 is 2.11 bits per heavy atom. The van der Waals surface area contributed by atoms with Crippen molar-refractivity contribution >= 4 is 5.91 Å². The number of benzene rings is 1. The number of rotatable bonds is 6. The van der Waals surface area contributed by atoms with Crippen molar-refractivity contribution in [2.75, 3.05) is 6.54 Å². The summed E-state index contributed by atoms with van der Waals surface area (Å²) < 4.78 is 13.0. The van der Waals surface area contributed by atoms with Crippen molar-refractivity contribution < 1.29 is 24.5 Å². The summed E-state index contributed by atoms with van der Waals surface area (Å²) >= 11 is 0. The van der Waals surface area contributed by atoms with Crippen LogP contribution in [0.5, 0.6) is 0 Å². The number of hydrogen-bond acceptors (Lipinski definition) is 4. The van der Waals surface area contributed by atoms with Crippen LogP contribution in [0.4, 0.5) is 4.39 Å². The van der Waals surface area contributed by atoms with E-state index in [-0.39, 0.29) is 30.0 Å². The fourth-order valence-corrected chi connectivity index (χ4v) is 1.76. The van der Waals surface area contributed by atoms with Crippen molar-refractivity contribution in [2.45, 2.75) is 32.2 Å². The Bertz CT molecular complexity index is 439. The molecule has 0 spiro atoms. The summed E-state index contributed by atoms with van der Waals surface area (Å²) in [6.07, 6.45) is -2.19. The average molecular weight is 271 g/mol. The second-order valence-electron chi connectivity index (χ2n) is 4.29. The zero-order chi connectivity index (χ0) is 14.4. The highest BCUT2D eigenvalue weighted by Crippen LogP contribution is 2.23. The summed E-state index contributed by atoms with van der Waals surface area (Å²) in [5, 5.41) is 31.4. The van der Waals surface area contributed by atoms with Crippen molar-refractivity contribution in [1.82, 2.24) is 5.32 Å². The third kappa shape index (κ3) is 4.59. The van der Waals surface area contributed by atoms with Gasteiger partial charge in [0.15, 0.2) is 0 Å². The largest absolute Gasteiger partial charge is 0.392 e. The van der Waals surface area contributed by atoms with Gasteiger partial charge >= 0.3 is 0 Å². The fourth-order valence-electron chi connectivity index (χ4n) is 1.76. The number of aliphatic hydroxyl groups excluding tert-OH is 3. The Kier molecular flexibility index (Phi) is 5.88. The lowest BCUT2D eigenvalue weighted by molar-refractivity contribution is -0.119. The maximum atomic E-state index is 13.0. The molecule has 19 heavy (non-hydrogen) atoms. The summed E-state index contributed by atoms with van der Waals surface area (Å²) in [7, 11) is 0. The predicted octanol–water partition coefficient (Wildman–Crippen LogP) is 0.238. The first kappa shape index (κ1) is 15.6. The smallest absolute Gasteiger partial charge is 0.216 e. The number of hydrogen-bond donors (Lipinski definition) is 4. The highest BCUT2D eigenvalue weighted by atomic mass is 19.1. The van der Waals surface area contributed by atoms with Gasteiger partial charge in [0.05, 0.1) is 12.7 Å². The first-order valence-corrected chi connectivity index (χ1v) is 5.95. The molecular formula is C13H18FNO4. The van der Waals surface area contributed by atoms with Gasteiger partial charge < -0.3 is 20.6 Å². The summed E-state index contributed by atoms with van der Waals surface area (Å²) in [6.45, 7) is 1.15. The summed E-state index contributed by atoms with van der Waals surface area (Å²) in [5.74, 6) is -0.743. The van der Waals surface area contributed by atoms with Gasteiger partial charge in [0.25, 0.3) is 0 Å². The van der Waals surface area contributed by atoms with Crippen LogP contribution < -0.4 is 5.32 Å². The molecule has 0 fully saturated rings. The molecule has 5 nitrogen and oxygen atoms in total. The third-order valence-electron chi connectivity index (χ3n) is 2.77. The van der Waals surface area contributed by atoms with E-state index in [1.165, 1.54) is 13.0 Å². The minimum atomic E-state index is -1.24. The van der Waals surface area contributed by atoms with E-state index in [4.69, 9.17) is 5.11 Å². The molecule has 1 amide bonds. The van der Waals surface area contributed by atoms with Crippen LogP contribution in [0, 0.1) is 5.82 Å². The van der Waals surface area contributed by atoms with E-state index in [0.29, 0.717) is 0 Å². The van der Waals surface area contributed by atoms with E-state index in [1.54, 1.807) is 0 Å². The van der Waals surface area contributed by atoms with Crippen molar-refractivity contribution in [1.29, 1.82) is 0 Å². The summed E-state index contributed by atoms with van der Waals surface area (Å²) in [4.78, 5) is 10.7. The molecule has 2 atom stereocenters. The highest BCUT2D eigenvalue weighted by molar-refractivity contribution is 5.72. The van der Waals surface area contributed by atoms with Gasteiger partial charge in [-0.3, -0.25) is 4.79 Å². The molecule has 0 aromatic heterocycles. The average Bonchev–Trinajstić information content (AvgIpc) is 2.37. The van der Waals surface area contributed by atoms with E-state index < -0.39 is 24.6 Å². The number of aliphatic hydroxyl groups is 3. The maximum Gasteiger partial charge on any atom is 0.216 e. The zero-order valence-corrected chi connectivity index (χ0v) is 10.6. The van der Waals surface area contributed by atoms with Crippen molar-refractivity contribution in [3.8, 4) is 0 Å². The first-order chi connectivity index (χ1) is 8.95. The maximum absolute atomic E-state index is 13.0. The van der Waals surface area contributed by atoms with Crippen LogP contribution in [0.2, 0.25) is 0 Å². The van der Waals surface area contributed by atoms with E-state index in [9.17, 15) is 19.4 Å². The topological polar surface area (TPSA) is 89.8 Å². The number of amides is 1. The molecule has 6 heteroatoms. The van der Waals surface area contributed by atoms with Gasteiger partial charge in [-0.25, -0.2) is 4.39 Å². The molecule has 106 valence electrons. The van der Waals surface area contributed by atoms with Gasteiger partial charge in [0, 0.05) is 13.5 Å². The second-order valence-corrected chi connectivity index (χ2v) is 4.29. The summed E-state index contributed by atoms with van der Waals surface area (Å²) in [5.41, 5.74) is 0.505. The minimum Gasteiger partial charge on any atom is -0.392 e. The molecule has 0 radical (unpaired) electrons. The molecule has 0 heterocycles. The standard InChI is InChI=1S/C13H18FNO4/c1-8(17)15-5-4-12(18)13(19)11-3-2-10(14)6-9(11)7-16/h2-3,6,12-13,16,18-19H,4-5,7H2,1H3,(H,15,17). The van der Waals surface area contributed by atoms with E-state index >= 15 is 0 Å². The Morgan fingerprint density at radius 3 is 2.68 bits per heavy atom. The van der Waals surface area contributed by atoms with Gasteiger partial charge in [0.1, 0.15) is 11.9 Å². The Hall–Kier alpha value is -1.50. The van der Waals surface area contributed by atoms with E-state index in [0.717, 1.165) is 12.1 Å². The van der Waals surface area contributed by atoms with Crippen LogP contribution in [-0.4, -0.2) is 33.9 Å². The molecule has 0 bridgehead atoms. The lowest BCUT2D eigenvalue weighted by Crippen LogP contribution is -2.28. The van der Waals surface area contributed by atoms with E-state index in [2.05, 4.69) is 5.32 Å². The molecular weight excluding hydrogens is 253 g/mol. The molecule has 1 aromatic rings.